The Morgan fingerprint density at radius 3 is 2.02 bits per heavy atom. The molecule has 0 saturated carbocycles. The Bertz CT molecular complexity index is 1790. The molecule has 1 fully saturated rings. The van der Waals surface area contributed by atoms with Crippen LogP contribution in [-0.4, -0.2) is 102 Å². The number of alkyl carbamates (subject to hydrolysis) is 1. The Morgan fingerprint density at radius 2 is 1.43 bits per heavy atom. The molecule has 1 aliphatic heterocycles. The fourth-order valence-corrected chi connectivity index (χ4v) is 6.97. The van der Waals surface area contributed by atoms with Crippen LogP contribution in [-0.2, 0) is 46.5 Å². The van der Waals surface area contributed by atoms with E-state index >= 15 is 0 Å². The van der Waals surface area contributed by atoms with Gasteiger partial charge in [-0.25, -0.2) is 9.59 Å². The molecule has 0 aliphatic carbocycles. The third-order valence-electron chi connectivity index (χ3n) is 9.83. The summed E-state index contributed by atoms with van der Waals surface area (Å²) in [7, 11) is 0. The maximum absolute atomic E-state index is 13.9. The van der Waals surface area contributed by atoms with E-state index in [1.54, 1.807) is 70.2 Å². The minimum Gasteiger partial charge on any atom is -0.489 e. The van der Waals surface area contributed by atoms with Crippen molar-refractivity contribution in [2.45, 2.75) is 109 Å². The number of rotatable bonds is 23. The number of primary amides is 1. The topological polar surface area (TPSA) is 262 Å². The molecule has 1 saturated heterocycles. The van der Waals surface area contributed by atoms with Crippen molar-refractivity contribution >= 4 is 64.8 Å². The van der Waals surface area contributed by atoms with Gasteiger partial charge in [-0.15, -0.1) is 0 Å². The number of amides is 6. The largest absolute Gasteiger partial charge is 0.489 e. The molecule has 17 nitrogen and oxygen atoms in total. The summed E-state index contributed by atoms with van der Waals surface area (Å²) in [4.78, 5) is 92.8. The summed E-state index contributed by atoms with van der Waals surface area (Å²) in [6.07, 6.45) is 1.24. The molecular weight excluding hydrogens is 821 g/mol. The van der Waals surface area contributed by atoms with Crippen LogP contribution in [0.15, 0.2) is 42.5 Å². The van der Waals surface area contributed by atoms with Crippen molar-refractivity contribution in [1.82, 2.24) is 26.2 Å². The highest BCUT2D eigenvalue weighted by Gasteiger charge is 2.40. The van der Waals surface area contributed by atoms with E-state index in [-0.39, 0.29) is 32.6 Å². The van der Waals surface area contributed by atoms with Crippen molar-refractivity contribution < 1.29 is 48.1 Å². The lowest BCUT2D eigenvalue weighted by Crippen LogP contribution is -2.61. The molecule has 0 radical (unpaired) electrons. The molecule has 330 valence electrons. The number of carbonyl (C=O) groups is 7. The van der Waals surface area contributed by atoms with Gasteiger partial charge in [-0.05, 0) is 80.3 Å². The highest BCUT2D eigenvalue weighted by atomic mass is 35.5. The molecule has 0 spiro atoms. The van der Waals surface area contributed by atoms with Gasteiger partial charge >= 0.3 is 12.1 Å². The van der Waals surface area contributed by atoms with E-state index in [0.717, 1.165) is 12.8 Å². The third kappa shape index (κ3) is 15.2. The number of halogens is 2. The van der Waals surface area contributed by atoms with Crippen molar-refractivity contribution in [3.63, 3.8) is 0 Å². The van der Waals surface area contributed by atoms with Crippen molar-refractivity contribution in [2.24, 2.45) is 23.3 Å². The maximum Gasteiger partial charge on any atom is 0.407 e. The summed E-state index contributed by atoms with van der Waals surface area (Å²) in [5, 5.41) is 20.8. The van der Waals surface area contributed by atoms with Gasteiger partial charge in [-0.3, -0.25) is 24.0 Å². The molecule has 6 amide bonds. The number of likely N-dealkylation sites (tertiary alicyclic amines) is 1. The van der Waals surface area contributed by atoms with Gasteiger partial charge < -0.3 is 52.2 Å². The smallest absolute Gasteiger partial charge is 0.407 e. The molecule has 9 N–H and O–H groups in total. The molecule has 3 rings (SSSR count). The van der Waals surface area contributed by atoms with Crippen LogP contribution in [0.3, 0.4) is 0 Å². The highest BCUT2D eigenvalue weighted by Crippen LogP contribution is 2.26. The van der Waals surface area contributed by atoms with E-state index in [0.29, 0.717) is 46.3 Å². The minimum absolute atomic E-state index is 0.0335. The van der Waals surface area contributed by atoms with E-state index < -0.39 is 90.1 Å². The van der Waals surface area contributed by atoms with E-state index in [2.05, 4.69) is 21.3 Å². The number of carboxylic acid groups (broad SMARTS) is 1. The lowest BCUT2D eigenvalue weighted by molar-refractivity contribution is -0.150. The fourth-order valence-electron chi connectivity index (χ4n) is 6.46. The van der Waals surface area contributed by atoms with E-state index in [1.807, 2.05) is 0 Å². The first-order chi connectivity index (χ1) is 28.4. The second-order valence-electron chi connectivity index (χ2n) is 15.2. The number of carboxylic acids is 1. The Morgan fingerprint density at radius 1 is 0.817 bits per heavy atom. The van der Waals surface area contributed by atoms with Gasteiger partial charge in [-0.1, -0.05) is 69.1 Å². The molecule has 1 heterocycles. The highest BCUT2D eigenvalue weighted by molar-refractivity contribution is 6.35. The number of nitrogens with one attached hydrogen (secondary N) is 4. The normalized spacial score (nSPS) is 15.7. The van der Waals surface area contributed by atoms with Gasteiger partial charge in [0.1, 0.15) is 42.6 Å². The summed E-state index contributed by atoms with van der Waals surface area (Å²) in [5.74, 6) is -5.81. The van der Waals surface area contributed by atoms with Gasteiger partial charge in [-0.2, -0.15) is 0 Å². The quantitative estimate of drug-likeness (QED) is 0.0798. The zero-order valence-electron chi connectivity index (χ0n) is 34.3. The second kappa shape index (κ2) is 24.2. The summed E-state index contributed by atoms with van der Waals surface area (Å²) in [6.45, 7) is 7.47. The van der Waals surface area contributed by atoms with Crippen LogP contribution < -0.4 is 37.5 Å². The molecule has 0 aromatic heterocycles. The maximum atomic E-state index is 13.9. The van der Waals surface area contributed by atoms with Crippen LogP contribution in [0.4, 0.5) is 4.79 Å². The number of benzene rings is 2. The number of nitrogens with two attached hydrogens (primary N) is 2. The number of unbranched alkanes of at least 4 members (excludes halogenated alkanes) is 2. The van der Waals surface area contributed by atoms with Gasteiger partial charge in [0.2, 0.25) is 29.5 Å². The number of nitrogens with zero attached hydrogens (tertiary/aromatic N) is 1. The monoisotopic (exact) mass is 877 g/mol. The average Bonchev–Trinajstić information content (AvgIpc) is 3.69. The molecule has 60 heavy (non-hydrogen) atoms. The van der Waals surface area contributed by atoms with Crippen molar-refractivity contribution in [3.05, 3.63) is 63.6 Å². The zero-order chi connectivity index (χ0) is 44.5. The van der Waals surface area contributed by atoms with Crippen molar-refractivity contribution in [1.29, 1.82) is 0 Å². The molecule has 5 atom stereocenters. The number of hydrogen-bond acceptors (Lipinski definition) is 10. The zero-order valence-corrected chi connectivity index (χ0v) is 35.9. The third-order valence-corrected chi connectivity index (χ3v) is 10.5. The van der Waals surface area contributed by atoms with Crippen molar-refractivity contribution in [2.75, 3.05) is 19.7 Å². The first-order valence-corrected chi connectivity index (χ1v) is 20.7. The van der Waals surface area contributed by atoms with Crippen molar-refractivity contribution in [3.8, 4) is 5.75 Å². The number of hydrogen-bond donors (Lipinski definition) is 7. The predicted octanol–water partition coefficient (Wildman–Crippen LogP) is 3.06. The Labute approximate surface area is 359 Å². The van der Waals surface area contributed by atoms with E-state index in [4.69, 9.17) is 44.1 Å². The van der Waals surface area contributed by atoms with Crippen LogP contribution in [0.2, 0.25) is 10.0 Å². The van der Waals surface area contributed by atoms with E-state index in [9.17, 15) is 38.7 Å². The van der Waals surface area contributed by atoms with Crippen LogP contribution >= 0.6 is 23.2 Å². The SMILES string of the molecule is CC(C)[C@H](NC(=O)[C@H](Cc1ccc(OCc2c(Cl)cccc2Cl)cc1)NC(=O)OCCCCCN)C(=O)N[C@@H](CC(N)=O)C(=O)N[C@H](C(=O)N1CCC[C@H]1C(=O)O)C(C)C. The number of carbonyl (C=O) groups excluding carboxylic acids is 6. The minimum atomic E-state index is -1.56. The van der Waals surface area contributed by atoms with Gasteiger partial charge in [0, 0.05) is 28.6 Å². The number of aliphatic carboxylic acids is 1. The molecule has 2 aromatic carbocycles. The average molecular weight is 879 g/mol. The Balaban J connectivity index is 1.78. The standard InChI is InChI=1S/C41H57Cl2N7O10/c1-23(2)34(38(54)46-31(21-33(45)51)37(53)49-35(24(3)4)39(55)50-18-9-12-32(50)40(56)57)48-36(52)30(47-41(58)59-19-7-5-6-17-44)20-25-13-15-26(16-14-25)60-22-27-28(42)10-8-11-29(27)43/h8,10-11,13-16,23-24,30-32,34-35H,5-7,9,12,17-22,44H2,1-4H3,(H2,45,51)(H,46,54)(H,47,58)(H,48,52)(H,49,53)(H,56,57)/t30-,31-,32-,34-,35-/m0/s1. The lowest BCUT2D eigenvalue weighted by atomic mass is 9.99. The lowest BCUT2D eigenvalue weighted by Gasteiger charge is -2.31. The molecule has 1 aliphatic rings. The van der Waals surface area contributed by atoms with Crippen LogP contribution in [0.25, 0.3) is 0 Å². The summed E-state index contributed by atoms with van der Waals surface area (Å²) >= 11 is 12.5. The summed E-state index contributed by atoms with van der Waals surface area (Å²) < 4.78 is 11.2. The van der Waals surface area contributed by atoms with Gasteiger partial charge in [0.15, 0.2) is 0 Å². The van der Waals surface area contributed by atoms with Crippen LogP contribution in [0.1, 0.15) is 77.3 Å². The van der Waals surface area contributed by atoms with Gasteiger partial charge in [0.25, 0.3) is 0 Å². The molecule has 0 bridgehead atoms. The van der Waals surface area contributed by atoms with Gasteiger partial charge in [0.05, 0.1) is 13.0 Å². The molecular formula is C41H57Cl2N7O10. The molecule has 0 unspecified atom stereocenters. The molecule has 19 heteroatoms. The summed E-state index contributed by atoms with van der Waals surface area (Å²) in [6, 6.07) is 5.55. The predicted molar refractivity (Wildman–Crippen MR) is 224 cm³/mol. The Kier molecular flexibility index (Phi) is 19.9. The first-order valence-electron chi connectivity index (χ1n) is 19.9. The molecule has 2 aromatic rings. The second-order valence-corrected chi connectivity index (χ2v) is 16.1. The van der Waals surface area contributed by atoms with Crippen LogP contribution in [0.5, 0.6) is 5.75 Å². The number of ether oxygens (including phenoxy) is 2. The summed E-state index contributed by atoms with van der Waals surface area (Å²) in [5.41, 5.74) is 12.2. The van der Waals surface area contributed by atoms with Crippen LogP contribution in [0, 0.1) is 11.8 Å². The Hall–Kier alpha value is -5.13. The first kappa shape index (κ1) is 49.2. The van der Waals surface area contributed by atoms with E-state index in [1.165, 1.54) is 4.90 Å². The fraction of sp³-hybridized carbons (Fsp3) is 0.537.